The molecule has 5 heteroatoms. The molecule has 150 valence electrons. The van der Waals surface area contributed by atoms with Crippen molar-refractivity contribution in [2.45, 2.75) is 52.5 Å². The van der Waals surface area contributed by atoms with Gasteiger partial charge >= 0.3 is 0 Å². The fourth-order valence-corrected chi connectivity index (χ4v) is 3.81. The molecule has 29 heavy (non-hydrogen) atoms. The lowest BCUT2D eigenvalue weighted by molar-refractivity contribution is -0.128. The number of carbonyl (C=O) groups excluding carboxylic acids is 1. The zero-order valence-corrected chi connectivity index (χ0v) is 17.5. The molecule has 2 aromatic carbocycles. The normalized spacial score (nSPS) is 16.8. The summed E-state index contributed by atoms with van der Waals surface area (Å²) in [5.41, 5.74) is 5.69. The first kappa shape index (κ1) is 19.4. The number of amides is 1. The molecule has 0 saturated carbocycles. The van der Waals surface area contributed by atoms with Crippen molar-refractivity contribution in [2.75, 3.05) is 6.54 Å². The molecule has 1 aliphatic rings. The maximum Gasteiger partial charge on any atom is 0.232 e. The van der Waals surface area contributed by atoms with E-state index in [1.807, 2.05) is 18.7 Å². The second-order valence-electron chi connectivity index (χ2n) is 8.35. The Labute approximate surface area is 171 Å². The van der Waals surface area contributed by atoms with Crippen LogP contribution in [0.25, 0.3) is 11.4 Å². The van der Waals surface area contributed by atoms with Crippen molar-refractivity contribution in [2.24, 2.45) is 0 Å². The van der Waals surface area contributed by atoms with Gasteiger partial charge in [0.15, 0.2) is 0 Å². The molecule has 0 bridgehead atoms. The largest absolute Gasteiger partial charge is 0.339 e. The number of nitrogens with zero attached hydrogens (tertiary/aromatic N) is 3. The minimum atomic E-state index is -0.0520. The molecular weight excluding hydrogens is 362 g/mol. The Morgan fingerprint density at radius 1 is 1.14 bits per heavy atom. The maximum absolute atomic E-state index is 12.5. The number of likely N-dealkylation sites (tertiary alicyclic amines) is 1. The van der Waals surface area contributed by atoms with E-state index in [0.29, 0.717) is 37.1 Å². The smallest absolute Gasteiger partial charge is 0.232 e. The minimum Gasteiger partial charge on any atom is -0.339 e. The fourth-order valence-electron chi connectivity index (χ4n) is 3.81. The van der Waals surface area contributed by atoms with Crippen LogP contribution < -0.4 is 0 Å². The number of hydrogen-bond acceptors (Lipinski definition) is 4. The first-order valence-corrected chi connectivity index (χ1v) is 10.2. The van der Waals surface area contributed by atoms with Crippen LogP contribution in [0.2, 0.25) is 0 Å². The maximum atomic E-state index is 12.5. The lowest BCUT2D eigenvalue weighted by Crippen LogP contribution is -2.24. The van der Waals surface area contributed by atoms with Crippen molar-refractivity contribution in [3.05, 3.63) is 70.6 Å². The first-order valence-electron chi connectivity index (χ1n) is 10.2. The van der Waals surface area contributed by atoms with Crippen LogP contribution in [-0.4, -0.2) is 27.5 Å². The molecule has 1 unspecified atom stereocenters. The second kappa shape index (κ2) is 7.82. The Bertz CT molecular complexity index is 1020. The SMILES string of the molecule is Cc1ccc(C)c(-c2noc(C3CC(=O)N(Cc4ccc(C(C)C)cc4)C3)n2)c1. The van der Waals surface area contributed by atoms with Crippen molar-refractivity contribution >= 4 is 5.91 Å². The van der Waals surface area contributed by atoms with Gasteiger partial charge in [-0.2, -0.15) is 4.98 Å². The van der Waals surface area contributed by atoms with Gasteiger partial charge in [-0.15, -0.1) is 0 Å². The van der Waals surface area contributed by atoms with Gasteiger partial charge in [0.25, 0.3) is 0 Å². The number of benzene rings is 2. The van der Waals surface area contributed by atoms with Gasteiger partial charge in [0.1, 0.15) is 0 Å². The number of aromatic nitrogens is 2. The van der Waals surface area contributed by atoms with Crippen LogP contribution >= 0.6 is 0 Å². The van der Waals surface area contributed by atoms with Gasteiger partial charge in [0, 0.05) is 25.1 Å². The van der Waals surface area contributed by atoms with Crippen molar-refractivity contribution in [1.82, 2.24) is 15.0 Å². The molecule has 1 saturated heterocycles. The van der Waals surface area contributed by atoms with Gasteiger partial charge in [-0.25, -0.2) is 0 Å². The van der Waals surface area contributed by atoms with E-state index >= 15 is 0 Å². The molecule has 1 atom stereocenters. The first-order chi connectivity index (χ1) is 13.9. The Morgan fingerprint density at radius 2 is 1.90 bits per heavy atom. The summed E-state index contributed by atoms with van der Waals surface area (Å²) in [7, 11) is 0. The summed E-state index contributed by atoms with van der Waals surface area (Å²) in [6, 6.07) is 14.7. The van der Waals surface area contributed by atoms with Crippen LogP contribution in [0, 0.1) is 13.8 Å². The molecule has 1 aromatic heterocycles. The standard InChI is InChI=1S/C24H27N3O2/c1-15(2)19-9-7-18(8-10-19)13-27-14-20(12-22(27)28)24-25-23(26-29-24)21-11-16(3)5-6-17(21)4/h5-11,15,20H,12-14H2,1-4H3. The van der Waals surface area contributed by atoms with E-state index in [9.17, 15) is 4.79 Å². The summed E-state index contributed by atoms with van der Waals surface area (Å²) in [6.07, 6.45) is 0.415. The van der Waals surface area contributed by atoms with Crippen molar-refractivity contribution in [1.29, 1.82) is 0 Å². The second-order valence-corrected chi connectivity index (χ2v) is 8.35. The summed E-state index contributed by atoms with van der Waals surface area (Å²) in [5, 5.41) is 4.18. The van der Waals surface area contributed by atoms with Crippen LogP contribution in [0.3, 0.4) is 0 Å². The summed E-state index contributed by atoms with van der Waals surface area (Å²) >= 11 is 0. The third-order valence-corrected chi connectivity index (χ3v) is 5.66. The van der Waals surface area contributed by atoms with Crippen LogP contribution in [-0.2, 0) is 11.3 Å². The van der Waals surface area contributed by atoms with Crippen molar-refractivity contribution in [3.8, 4) is 11.4 Å². The Morgan fingerprint density at radius 3 is 2.62 bits per heavy atom. The predicted molar refractivity (Wildman–Crippen MR) is 113 cm³/mol. The number of rotatable bonds is 5. The van der Waals surface area contributed by atoms with Gasteiger partial charge in [-0.3, -0.25) is 4.79 Å². The third kappa shape index (κ3) is 4.09. The fraction of sp³-hybridized carbons (Fsp3) is 0.375. The lowest BCUT2D eigenvalue weighted by Gasteiger charge is -2.16. The molecule has 1 amide bonds. The van der Waals surface area contributed by atoms with Crippen molar-refractivity contribution < 1.29 is 9.32 Å². The van der Waals surface area contributed by atoms with Gasteiger partial charge in [-0.1, -0.05) is 61.0 Å². The minimum absolute atomic E-state index is 0.0520. The molecule has 0 radical (unpaired) electrons. The highest BCUT2D eigenvalue weighted by Gasteiger charge is 2.34. The lowest BCUT2D eigenvalue weighted by atomic mass is 10.0. The van der Waals surface area contributed by atoms with E-state index in [0.717, 1.165) is 22.3 Å². The van der Waals surface area contributed by atoms with Crippen LogP contribution in [0.1, 0.15) is 60.2 Å². The third-order valence-electron chi connectivity index (χ3n) is 5.66. The van der Waals surface area contributed by atoms with Crippen LogP contribution in [0.15, 0.2) is 47.0 Å². The van der Waals surface area contributed by atoms with E-state index in [1.54, 1.807) is 0 Å². The van der Waals surface area contributed by atoms with Crippen molar-refractivity contribution in [3.63, 3.8) is 0 Å². The molecule has 1 aliphatic heterocycles. The van der Waals surface area contributed by atoms with Gasteiger partial charge < -0.3 is 9.42 Å². The molecule has 3 aromatic rings. The molecule has 0 N–H and O–H groups in total. The summed E-state index contributed by atoms with van der Waals surface area (Å²) in [5.74, 6) is 1.73. The summed E-state index contributed by atoms with van der Waals surface area (Å²) < 4.78 is 5.55. The number of aryl methyl sites for hydroxylation is 2. The molecule has 0 aliphatic carbocycles. The van der Waals surface area contributed by atoms with Gasteiger partial charge in [0.05, 0.1) is 5.92 Å². The van der Waals surface area contributed by atoms with Crippen LogP contribution in [0.4, 0.5) is 0 Å². The van der Waals surface area contributed by atoms with Gasteiger partial charge in [-0.05, 0) is 42.5 Å². The molecule has 0 spiro atoms. The zero-order chi connectivity index (χ0) is 20.5. The Hall–Kier alpha value is -2.95. The molecule has 1 fully saturated rings. The summed E-state index contributed by atoms with van der Waals surface area (Å²) in [4.78, 5) is 19.0. The number of hydrogen-bond donors (Lipinski definition) is 0. The molecular formula is C24H27N3O2. The highest BCUT2D eigenvalue weighted by molar-refractivity contribution is 5.79. The van der Waals surface area contributed by atoms with E-state index in [4.69, 9.17) is 4.52 Å². The molecule has 5 nitrogen and oxygen atoms in total. The average Bonchev–Trinajstić information content (AvgIpc) is 3.31. The summed E-state index contributed by atoms with van der Waals surface area (Å²) in [6.45, 7) is 9.67. The Balaban J connectivity index is 1.47. The van der Waals surface area contributed by atoms with E-state index < -0.39 is 0 Å². The molecule has 4 rings (SSSR count). The monoisotopic (exact) mass is 389 g/mol. The Kier molecular flexibility index (Phi) is 5.22. The van der Waals surface area contributed by atoms with Crippen LogP contribution in [0.5, 0.6) is 0 Å². The predicted octanol–water partition coefficient (Wildman–Crippen LogP) is 4.99. The van der Waals surface area contributed by atoms with E-state index in [2.05, 4.69) is 66.5 Å². The topological polar surface area (TPSA) is 59.2 Å². The quantitative estimate of drug-likeness (QED) is 0.617. The zero-order valence-electron chi connectivity index (χ0n) is 17.5. The van der Waals surface area contributed by atoms with Gasteiger partial charge in [0.2, 0.25) is 17.6 Å². The van der Waals surface area contributed by atoms with E-state index in [-0.39, 0.29) is 11.8 Å². The van der Waals surface area contributed by atoms with E-state index in [1.165, 1.54) is 5.56 Å². The highest BCUT2D eigenvalue weighted by Crippen LogP contribution is 2.30. The average molecular weight is 389 g/mol. The molecule has 2 heterocycles. The highest BCUT2D eigenvalue weighted by atomic mass is 16.5. The number of carbonyl (C=O) groups is 1.